The third kappa shape index (κ3) is 4.30. The molecule has 1 heterocycles. The van der Waals surface area contributed by atoms with Crippen molar-refractivity contribution in [3.05, 3.63) is 17.5 Å². The van der Waals surface area contributed by atoms with E-state index in [1.165, 1.54) is 4.68 Å². The lowest BCUT2D eigenvalue weighted by Crippen LogP contribution is -2.42. The van der Waals surface area contributed by atoms with Crippen molar-refractivity contribution < 1.29 is 24.6 Å². The molecule has 8 heteroatoms. The molecule has 3 N–H and O–H groups in total. The second kappa shape index (κ2) is 6.87. The standard InChI is InChI=1S/C13H19N3O5/c1-4-16-10(5-8(15-16)7(2)3)12(19)14-9(13(20)21)6-11(17)18/h5,7,9H,4,6H2,1-3H3,(H,14,19)(H,17,18)(H,20,21). The summed E-state index contributed by atoms with van der Waals surface area (Å²) in [5.74, 6) is -3.21. The highest BCUT2D eigenvalue weighted by molar-refractivity contribution is 5.96. The van der Waals surface area contributed by atoms with Crippen LogP contribution in [0.1, 0.15) is 49.3 Å². The number of carbonyl (C=O) groups is 3. The van der Waals surface area contributed by atoms with Crippen LogP contribution in [0, 0.1) is 0 Å². The molecule has 0 aliphatic rings. The van der Waals surface area contributed by atoms with E-state index in [1.54, 1.807) is 13.0 Å². The molecule has 1 aromatic heterocycles. The molecule has 1 unspecified atom stereocenters. The van der Waals surface area contributed by atoms with Gasteiger partial charge in [0, 0.05) is 6.54 Å². The quantitative estimate of drug-likeness (QED) is 0.680. The molecule has 0 aliphatic carbocycles. The number of aliphatic carboxylic acids is 2. The summed E-state index contributed by atoms with van der Waals surface area (Å²) < 4.78 is 1.46. The molecule has 1 amide bonds. The molecule has 1 rings (SSSR count). The van der Waals surface area contributed by atoms with Crippen molar-refractivity contribution in [1.29, 1.82) is 0 Å². The second-order valence-electron chi connectivity index (χ2n) is 4.89. The van der Waals surface area contributed by atoms with Crippen LogP contribution in [-0.2, 0) is 16.1 Å². The summed E-state index contributed by atoms with van der Waals surface area (Å²) in [5.41, 5.74) is 0.935. The normalized spacial score (nSPS) is 12.2. The summed E-state index contributed by atoms with van der Waals surface area (Å²) in [6, 6.07) is 0.112. The maximum absolute atomic E-state index is 12.1. The fourth-order valence-electron chi connectivity index (χ4n) is 1.75. The molecular formula is C13H19N3O5. The minimum absolute atomic E-state index is 0.124. The number of carboxylic acids is 2. The first-order valence-electron chi connectivity index (χ1n) is 6.59. The number of aromatic nitrogens is 2. The molecule has 0 fully saturated rings. The largest absolute Gasteiger partial charge is 0.481 e. The van der Waals surface area contributed by atoms with E-state index in [9.17, 15) is 14.4 Å². The lowest BCUT2D eigenvalue weighted by atomic mass is 10.1. The monoisotopic (exact) mass is 297 g/mol. The van der Waals surface area contributed by atoms with Crippen LogP contribution in [-0.4, -0.2) is 43.9 Å². The Bertz CT molecular complexity index is 550. The first-order valence-corrected chi connectivity index (χ1v) is 6.59. The molecule has 0 saturated carbocycles. The molecule has 0 saturated heterocycles. The second-order valence-corrected chi connectivity index (χ2v) is 4.89. The highest BCUT2D eigenvalue weighted by Gasteiger charge is 2.25. The Morgan fingerprint density at radius 2 is 1.95 bits per heavy atom. The van der Waals surface area contributed by atoms with Crippen molar-refractivity contribution in [1.82, 2.24) is 15.1 Å². The Morgan fingerprint density at radius 3 is 2.38 bits per heavy atom. The Labute approximate surface area is 121 Å². The van der Waals surface area contributed by atoms with Crippen molar-refractivity contribution in [2.24, 2.45) is 0 Å². The molecule has 0 spiro atoms. The number of amides is 1. The Hall–Kier alpha value is -2.38. The van der Waals surface area contributed by atoms with Crippen molar-refractivity contribution in [3.8, 4) is 0 Å². The van der Waals surface area contributed by atoms with Gasteiger partial charge in [0.1, 0.15) is 11.7 Å². The summed E-state index contributed by atoms with van der Waals surface area (Å²) in [6.07, 6.45) is -0.682. The number of aryl methyl sites for hydroxylation is 1. The molecular weight excluding hydrogens is 278 g/mol. The van der Waals surface area contributed by atoms with Crippen LogP contribution in [0.2, 0.25) is 0 Å². The van der Waals surface area contributed by atoms with Crippen molar-refractivity contribution in [3.63, 3.8) is 0 Å². The smallest absolute Gasteiger partial charge is 0.326 e. The van der Waals surface area contributed by atoms with E-state index in [0.717, 1.165) is 0 Å². The predicted molar refractivity (Wildman–Crippen MR) is 73.1 cm³/mol. The molecule has 8 nitrogen and oxygen atoms in total. The van der Waals surface area contributed by atoms with E-state index in [2.05, 4.69) is 10.4 Å². The van der Waals surface area contributed by atoms with Crippen molar-refractivity contribution in [2.45, 2.75) is 45.7 Å². The van der Waals surface area contributed by atoms with Gasteiger partial charge in [0.2, 0.25) is 0 Å². The minimum atomic E-state index is -1.47. The lowest BCUT2D eigenvalue weighted by molar-refractivity contribution is -0.145. The average Bonchev–Trinajstić information content (AvgIpc) is 2.81. The van der Waals surface area contributed by atoms with Crippen LogP contribution >= 0.6 is 0 Å². The fraction of sp³-hybridized carbons (Fsp3) is 0.538. The predicted octanol–water partition coefficient (Wildman–Crippen LogP) is 0.684. The van der Waals surface area contributed by atoms with Crippen LogP contribution in [0.5, 0.6) is 0 Å². The summed E-state index contributed by atoms with van der Waals surface area (Å²) >= 11 is 0. The Kier molecular flexibility index (Phi) is 5.45. The Balaban J connectivity index is 2.96. The maximum Gasteiger partial charge on any atom is 0.326 e. The molecule has 0 bridgehead atoms. The molecule has 1 aromatic rings. The summed E-state index contributed by atoms with van der Waals surface area (Å²) in [4.78, 5) is 33.7. The van der Waals surface area contributed by atoms with Crippen LogP contribution in [0.3, 0.4) is 0 Å². The number of nitrogens with one attached hydrogen (secondary N) is 1. The van der Waals surface area contributed by atoms with E-state index >= 15 is 0 Å². The van der Waals surface area contributed by atoms with Gasteiger partial charge in [0.05, 0.1) is 12.1 Å². The number of nitrogens with zero attached hydrogens (tertiary/aromatic N) is 2. The maximum atomic E-state index is 12.1. The molecule has 0 radical (unpaired) electrons. The number of hydrogen-bond donors (Lipinski definition) is 3. The minimum Gasteiger partial charge on any atom is -0.481 e. The molecule has 116 valence electrons. The zero-order valence-electron chi connectivity index (χ0n) is 12.2. The van der Waals surface area contributed by atoms with Gasteiger partial charge in [-0.2, -0.15) is 5.10 Å². The topological polar surface area (TPSA) is 122 Å². The van der Waals surface area contributed by atoms with Crippen LogP contribution in [0.15, 0.2) is 6.07 Å². The Morgan fingerprint density at radius 1 is 1.33 bits per heavy atom. The van der Waals surface area contributed by atoms with Gasteiger partial charge in [-0.15, -0.1) is 0 Å². The summed E-state index contributed by atoms with van der Waals surface area (Å²) in [7, 11) is 0. The first-order chi connectivity index (χ1) is 9.76. The van der Waals surface area contributed by atoms with Crippen molar-refractivity contribution >= 4 is 17.8 Å². The van der Waals surface area contributed by atoms with Gasteiger partial charge in [-0.25, -0.2) is 4.79 Å². The molecule has 21 heavy (non-hydrogen) atoms. The summed E-state index contributed by atoms with van der Waals surface area (Å²) in [6.45, 7) is 6.11. The van der Waals surface area contributed by atoms with Gasteiger partial charge in [-0.05, 0) is 18.9 Å². The number of carbonyl (C=O) groups excluding carboxylic acids is 1. The third-order valence-electron chi connectivity index (χ3n) is 2.90. The number of hydrogen-bond acceptors (Lipinski definition) is 4. The van der Waals surface area contributed by atoms with E-state index in [4.69, 9.17) is 10.2 Å². The SMILES string of the molecule is CCn1nc(C(C)C)cc1C(=O)NC(CC(=O)O)C(=O)O. The first kappa shape index (κ1) is 16.7. The number of rotatable bonds is 7. The van der Waals surface area contributed by atoms with Gasteiger partial charge < -0.3 is 15.5 Å². The van der Waals surface area contributed by atoms with Gasteiger partial charge in [0.15, 0.2) is 0 Å². The third-order valence-corrected chi connectivity index (χ3v) is 2.90. The van der Waals surface area contributed by atoms with Crippen LogP contribution < -0.4 is 5.32 Å². The molecule has 1 atom stereocenters. The molecule has 0 aromatic carbocycles. The van der Waals surface area contributed by atoms with Crippen molar-refractivity contribution in [2.75, 3.05) is 0 Å². The highest BCUT2D eigenvalue weighted by atomic mass is 16.4. The fourth-order valence-corrected chi connectivity index (χ4v) is 1.75. The van der Waals surface area contributed by atoms with Gasteiger partial charge in [0.25, 0.3) is 5.91 Å². The van der Waals surface area contributed by atoms with E-state index < -0.39 is 30.3 Å². The van der Waals surface area contributed by atoms with E-state index in [-0.39, 0.29) is 11.6 Å². The van der Waals surface area contributed by atoms with Gasteiger partial charge >= 0.3 is 11.9 Å². The summed E-state index contributed by atoms with van der Waals surface area (Å²) in [5, 5.41) is 24.1. The zero-order valence-corrected chi connectivity index (χ0v) is 12.2. The number of carboxylic acid groups (broad SMARTS) is 2. The van der Waals surface area contributed by atoms with E-state index in [1.807, 2.05) is 13.8 Å². The molecule has 0 aliphatic heterocycles. The van der Waals surface area contributed by atoms with Gasteiger partial charge in [-0.3, -0.25) is 14.3 Å². The van der Waals surface area contributed by atoms with Gasteiger partial charge in [-0.1, -0.05) is 13.8 Å². The highest BCUT2D eigenvalue weighted by Crippen LogP contribution is 2.14. The zero-order chi connectivity index (χ0) is 16.2. The van der Waals surface area contributed by atoms with Crippen LogP contribution in [0.25, 0.3) is 0 Å². The lowest BCUT2D eigenvalue weighted by Gasteiger charge is -2.12. The average molecular weight is 297 g/mol. The van der Waals surface area contributed by atoms with E-state index in [0.29, 0.717) is 12.2 Å². The van der Waals surface area contributed by atoms with Crippen LogP contribution in [0.4, 0.5) is 0 Å².